The van der Waals surface area contributed by atoms with Gasteiger partial charge in [-0.15, -0.1) is 0 Å². The van der Waals surface area contributed by atoms with Crippen LogP contribution >= 0.6 is 11.6 Å². The molecule has 1 saturated heterocycles. The molecule has 0 spiro atoms. The molecule has 5 heteroatoms. The summed E-state index contributed by atoms with van der Waals surface area (Å²) in [5.74, 6) is 1.54. The van der Waals surface area contributed by atoms with Gasteiger partial charge in [0.15, 0.2) is 5.82 Å². The summed E-state index contributed by atoms with van der Waals surface area (Å²) in [6.45, 7) is 6.25. The minimum atomic E-state index is 0.515. The van der Waals surface area contributed by atoms with E-state index >= 15 is 0 Å². The van der Waals surface area contributed by atoms with Crippen LogP contribution in [0.4, 0.5) is 11.8 Å². The second-order valence-corrected chi connectivity index (χ2v) is 4.88. The average Bonchev–Trinajstić information content (AvgIpc) is 2.74. The molecule has 0 aliphatic carbocycles. The van der Waals surface area contributed by atoms with E-state index in [0.29, 0.717) is 17.0 Å². The number of halogens is 1. The maximum Gasteiger partial charge on any atom is 0.224 e. The minimum absolute atomic E-state index is 0.515. The lowest BCUT2D eigenvalue weighted by molar-refractivity contribution is 0.726. The molecule has 0 amide bonds. The van der Waals surface area contributed by atoms with E-state index in [0.717, 1.165) is 25.3 Å². The Kier molecular flexibility index (Phi) is 4.05. The Labute approximate surface area is 107 Å². The van der Waals surface area contributed by atoms with Gasteiger partial charge in [0.1, 0.15) is 5.02 Å². The van der Waals surface area contributed by atoms with E-state index in [1.807, 2.05) is 0 Å². The minimum Gasteiger partial charge on any atom is -0.354 e. The molecule has 0 radical (unpaired) electrons. The zero-order chi connectivity index (χ0) is 12.3. The molecule has 0 saturated carbocycles. The Balaban J connectivity index is 2.19. The van der Waals surface area contributed by atoms with Gasteiger partial charge in [-0.05, 0) is 26.2 Å². The Morgan fingerprint density at radius 3 is 3.06 bits per heavy atom. The van der Waals surface area contributed by atoms with Gasteiger partial charge in [0, 0.05) is 19.1 Å². The van der Waals surface area contributed by atoms with E-state index in [-0.39, 0.29) is 0 Å². The molecule has 2 rings (SSSR count). The fourth-order valence-electron chi connectivity index (χ4n) is 2.13. The van der Waals surface area contributed by atoms with Gasteiger partial charge >= 0.3 is 0 Å². The highest BCUT2D eigenvalue weighted by Gasteiger charge is 2.24. The summed E-state index contributed by atoms with van der Waals surface area (Å²) in [6.07, 6.45) is 5.16. The lowest BCUT2D eigenvalue weighted by atomic mass is 10.2. The SMILES string of the molecule is CCCNc1ncc(Cl)c(N2CCCC2C)n1. The normalized spacial score (nSPS) is 19.7. The van der Waals surface area contributed by atoms with E-state index < -0.39 is 0 Å². The van der Waals surface area contributed by atoms with Crippen molar-refractivity contribution in [3.8, 4) is 0 Å². The van der Waals surface area contributed by atoms with Gasteiger partial charge in [0.25, 0.3) is 0 Å². The van der Waals surface area contributed by atoms with Crippen molar-refractivity contribution in [2.75, 3.05) is 23.3 Å². The molecular weight excluding hydrogens is 236 g/mol. The molecule has 1 fully saturated rings. The van der Waals surface area contributed by atoms with E-state index in [1.54, 1.807) is 6.20 Å². The van der Waals surface area contributed by atoms with E-state index in [9.17, 15) is 0 Å². The lowest BCUT2D eigenvalue weighted by Crippen LogP contribution is -2.27. The van der Waals surface area contributed by atoms with Crippen LogP contribution in [0.25, 0.3) is 0 Å². The largest absolute Gasteiger partial charge is 0.354 e. The molecule has 0 aromatic carbocycles. The molecule has 94 valence electrons. The third-order valence-corrected chi connectivity index (χ3v) is 3.35. The first-order chi connectivity index (χ1) is 8.22. The van der Waals surface area contributed by atoms with E-state index in [2.05, 4.69) is 34.0 Å². The van der Waals surface area contributed by atoms with Crippen LogP contribution in [-0.2, 0) is 0 Å². The van der Waals surface area contributed by atoms with E-state index in [1.165, 1.54) is 12.8 Å². The number of anilines is 2. The van der Waals surface area contributed by atoms with Gasteiger partial charge in [-0.25, -0.2) is 4.98 Å². The van der Waals surface area contributed by atoms with Crippen molar-refractivity contribution in [2.24, 2.45) is 0 Å². The van der Waals surface area contributed by atoms with Crippen LogP contribution in [0.5, 0.6) is 0 Å². The molecule has 1 atom stereocenters. The van der Waals surface area contributed by atoms with Crippen molar-refractivity contribution in [1.82, 2.24) is 9.97 Å². The summed E-state index contributed by atoms with van der Waals surface area (Å²) in [5, 5.41) is 3.83. The first-order valence-electron chi connectivity index (χ1n) is 6.25. The first kappa shape index (κ1) is 12.4. The molecule has 1 aliphatic heterocycles. The third kappa shape index (κ3) is 2.80. The second kappa shape index (κ2) is 5.54. The van der Waals surface area contributed by atoms with Crippen LogP contribution in [0.15, 0.2) is 6.20 Å². The van der Waals surface area contributed by atoms with E-state index in [4.69, 9.17) is 11.6 Å². The van der Waals surface area contributed by atoms with Gasteiger partial charge in [-0.3, -0.25) is 0 Å². The van der Waals surface area contributed by atoms with Crippen LogP contribution in [0, 0.1) is 0 Å². The number of hydrogen-bond acceptors (Lipinski definition) is 4. The molecule has 1 unspecified atom stereocenters. The van der Waals surface area contributed by atoms with Crippen LogP contribution in [-0.4, -0.2) is 29.1 Å². The number of aromatic nitrogens is 2. The smallest absolute Gasteiger partial charge is 0.224 e. The fraction of sp³-hybridized carbons (Fsp3) is 0.667. The fourth-order valence-corrected chi connectivity index (χ4v) is 2.33. The second-order valence-electron chi connectivity index (χ2n) is 4.48. The maximum absolute atomic E-state index is 6.18. The van der Waals surface area contributed by atoms with Crippen molar-refractivity contribution in [2.45, 2.75) is 39.2 Å². The average molecular weight is 255 g/mol. The summed E-state index contributed by atoms with van der Waals surface area (Å²) in [5.41, 5.74) is 0. The van der Waals surface area contributed by atoms with Gasteiger partial charge in [0.2, 0.25) is 5.95 Å². The van der Waals surface area contributed by atoms with Crippen molar-refractivity contribution in [3.05, 3.63) is 11.2 Å². The summed E-state index contributed by atoms with van der Waals surface area (Å²) >= 11 is 6.18. The van der Waals surface area contributed by atoms with Crippen LogP contribution in [0.3, 0.4) is 0 Å². The van der Waals surface area contributed by atoms with Gasteiger partial charge in [0.05, 0.1) is 6.20 Å². The zero-order valence-corrected chi connectivity index (χ0v) is 11.2. The predicted molar refractivity (Wildman–Crippen MR) is 71.9 cm³/mol. The molecule has 1 N–H and O–H groups in total. The standard InChI is InChI=1S/C12H19ClN4/c1-3-6-14-12-15-8-10(13)11(16-12)17-7-4-5-9(17)2/h8-9H,3-7H2,1-2H3,(H,14,15,16). The van der Waals surface area contributed by atoms with Gasteiger partial charge in [-0.1, -0.05) is 18.5 Å². The van der Waals surface area contributed by atoms with Crippen molar-refractivity contribution >= 4 is 23.4 Å². The Hall–Kier alpha value is -1.03. The lowest BCUT2D eigenvalue weighted by Gasteiger charge is -2.23. The first-order valence-corrected chi connectivity index (χ1v) is 6.63. The number of rotatable bonds is 4. The number of nitrogens with one attached hydrogen (secondary N) is 1. The summed E-state index contributed by atoms with van der Waals surface area (Å²) in [6, 6.07) is 0.515. The molecule has 1 aromatic rings. The third-order valence-electron chi connectivity index (χ3n) is 3.08. The molecule has 17 heavy (non-hydrogen) atoms. The Bertz CT molecular complexity index is 383. The number of hydrogen-bond donors (Lipinski definition) is 1. The summed E-state index contributed by atoms with van der Waals surface area (Å²) in [7, 11) is 0. The zero-order valence-electron chi connectivity index (χ0n) is 10.4. The Morgan fingerprint density at radius 2 is 2.41 bits per heavy atom. The predicted octanol–water partition coefficient (Wildman–Crippen LogP) is 2.94. The summed E-state index contributed by atoms with van der Waals surface area (Å²) in [4.78, 5) is 11.0. The van der Waals surface area contributed by atoms with Gasteiger partial charge < -0.3 is 10.2 Å². The highest BCUT2D eigenvalue weighted by Crippen LogP contribution is 2.30. The highest BCUT2D eigenvalue weighted by atomic mass is 35.5. The monoisotopic (exact) mass is 254 g/mol. The molecule has 0 bridgehead atoms. The van der Waals surface area contributed by atoms with Crippen molar-refractivity contribution in [3.63, 3.8) is 0 Å². The van der Waals surface area contributed by atoms with Crippen LogP contribution in [0.2, 0.25) is 5.02 Å². The quantitative estimate of drug-likeness (QED) is 0.897. The maximum atomic E-state index is 6.18. The highest BCUT2D eigenvalue weighted by molar-refractivity contribution is 6.32. The molecule has 1 aromatic heterocycles. The van der Waals surface area contributed by atoms with Crippen molar-refractivity contribution < 1.29 is 0 Å². The summed E-state index contributed by atoms with van der Waals surface area (Å²) < 4.78 is 0. The van der Waals surface area contributed by atoms with Gasteiger partial charge in [-0.2, -0.15) is 4.98 Å². The molecule has 1 aliphatic rings. The van der Waals surface area contributed by atoms with Crippen LogP contribution < -0.4 is 10.2 Å². The van der Waals surface area contributed by atoms with Crippen LogP contribution in [0.1, 0.15) is 33.1 Å². The molecule has 2 heterocycles. The van der Waals surface area contributed by atoms with Crippen molar-refractivity contribution in [1.29, 1.82) is 0 Å². The molecular formula is C12H19ClN4. The topological polar surface area (TPSA) is 41.1 Å². The Morgan fingerprint density at radius 1 is 1.59 bits per heavy atom. The molecule has 4 nitrogen and oxygen atoms in total. The number of nitrogens with zero attached hydrogens (tertiary/aromatic N) is 3.